The van der Waals surface area contributed by atoms with Crippen molar-refractivity contribution >= 4 is 10.2 Å². The highest BCUT2D eigenvalue weighted by Gasteiger charge is 2.44. The summed E-state index contributed by atoms with van der Waals surface area (Å²) in [5, 5.41) is 14.5. The lowest BCUT2D eigenvalue weighted by Gasteiger charge is -2.46. The van der Waals surface area contributed by atoms with Crippen LogP contribution in [-0.2, 0) is 10.2 Å². The molecule has 0 aliphatic heterocycles. The summed E-state index contributed by atoms with van der Waals surface area (Å²) < 4.78 is 24.7. The van der Waals surface area contributed by atoms with E-state index in [1.54, 1.807) is 0 Å². The molecule has 0 aromatic carbocycles. The summed E-state index contributed by atoms with van der Waals surface area (Å²) in [6, 6.07) is 0. The summed E-state index contributed by atoms with van der Waals surface area (Å²) in [5.41, 5.74) is -0.785. The van der Waals surface area contributed by atoms with E-state index in [1.807, 2.05) is 0 Å². The van der Waals surface area contributed by atoms with E-state index in [0.717, 1.165) is 6.42 Å². The largest absolute Gasteiger partial charge is 0.394 e. The van der Waals surface area contributed by atoms with Crippen LogP contribution in [0.1, 0.15) is 40.0 Å². The van der Waals surface area contributed by atoms with E-state index < -0.39 is 15.7 Å². The second-order valence-electron chi connectivity index (χ2n) is 5.94. The van der Waals surface area contributed by atoms with Crippen molar-refractivity contribution in [2.24, 2.45) is 16.5 Å². The fourth-order valence-corrected chi connectivity index (χ4v) is 4.10. The van der Waals surface area contributed by atoms with Crippen LogP contribution in [-0.4, -0.2) is 25.7 Å². The van der Waals surface area contributed by atoms with E-state index >= 15 is 0 Å². The van der Waals surface area contributed by atoms with Crippen molar-refractivity contribution in [1.29, 1.82) is 0 Å². The second-order valence-corrected chi connectivity index (χ2v) is 7.23. The minimum absolute atomic E-state index is 0.0120. The van der Waals surface area contributed by atoms with Crippen molar-refractivity contribution in [3.8, 4) is 0 Å². The average Bonchev–Trinajstić information content (AvgIpc) is 1.96. The van der Waals surface area contributed by atoms with Crippen LogP contribution in [0.25, 0.3) is 0 Å². The Bertz CT molecular complexity index is 353. The molecule has 5 nitrogen and oxygen atoms in total. The van der Waals surface area contributed by atoms with Crippen molar-refractivity contribution in [3.63, 3.8) is 0 Å². The van der Waals surface area contributed by atoms with E-state index in [4.69, 9.17) is 5.14 Å². The average molecular weight is 250 g/mol. The van der Waals surface area contributed by atoms with Crippen molar-refractivity contribution in [1.82, 2.24) is 4.72 Å². The molecule has 1 aliphatic carbocycles. The van der Waals surface area contributed by atoms with Gasteiger partial charge in [-0.3, -0.25) is 0 Å². The zero-order valence-electron chi connectivity index (χ0n) is 10.2. The Morgan fingerprint density at radius 1 is 1.44 bits per heavy atom. The normalized spacial score (nSPS) is 34.9. The maximum absolute atomic E-state index is 11.1. The predicted octanol–water partition coefficient (Wildman–Crippen LogP) is 0.357. The van der Waals surface area contributed by atoms with Crippen LogP contribution in [0.3, 0.4) is 0 Å². The SMILES string of the molecule is CC1CC(C)(C)CC(CO)(NS(N)(=O)=O)C1. The van der Waals surface area contributed by atoms with Gasteiger partial charge in [0.05, 0.1) is 12.1 Å². The highest BCUT2D eigenvalue weighted by molar-refractivity contribution is 7.87. The molecule has 16 heavy (non-hydrogen) atoms. The quantitative estimate of drug-likeness (QED) is 0.675. The molecule has 0 aromatic heterocycles. The highest BCUT2D eigenvalue weighted by Crippen LogP contribution is 2.43. The molecule has 0 spiro atoms. The molecule has 0 bridgehead atoms. The van der Waals surface area contributed by atoms with E-state index in [-0.39, 0.29) is 12.0 Å². The Labute approximate surface area is 97.6 Å². The summed E-state index contributed by atoms with van der Waals surface area (Å²) in [7, 11) is -3.78. The smallest absolute Gasteiger partial charge is 0.274 e. The molecular formula is C10H22N2O3S. The monoisotopic (exact) mass is 250 g/mol. The Morgan fingerprint density at radius 3 is 2.38 bits per heavy atom. The molecule has 1 rings (SSSR count). The van der Waals surface area contributed by atoms with Crippen molar-refractivity contribution in [2.45, 2.75) is 45.6 Å². The Morgan fingerprint density at radius 2 is 2.00 bits per heavy atom. The van der Waals surface area contributed by atoms with Gasteiger partial charge >= 0.3 is 0 Å². The highest BCUT2D eigenvalue weighted by atomic mass is 32.2. The number of aliphatic hydroxyl groups is 1. The fraction of sp³-hybridized carbons (Fsp3) is 1.00. The topological polar surface area (TPSA) is 92.4 Å². The van der Waals surface area contributed by atoms with Crippen molar-refractivity contribution in [2.75, 3.05) is 6.61 Å². The molecule has 0 heterocycles. The van der Waals surface area contributed by atoms with Crippen LogP contribution in [0.2, 0.25) is 0 Å². The zero-order valence-corrected chi connectivity index (χ0v) is 11.0. The molecular weight excluding hydrogens is 228 g/mol. The molecule has 1 aliphatic rings. The molecule has 2 atom stereocenters. The van der Waals surface area contributed by atoms with Gasteiger partial charge in [0.25, 0.3) is 10.2 Å². The first-order chi connectivity index (χ1) is 7.08. The summed E-state index contributed by atoms with van der Waals surface area (Å²) in [6.07, 6.45) is 2.27. The molecule has 0 amide bonds. The van der Waals surface area contributed by atoms with Crippen LogP contribution in [0, 0.1) is 11.3 Å². The van der Waals surface area contributed by atoms with Crippen LogP contribution in [0.4, 0.5) is 0 Å². The number of nitrogens with one attached hydrogen (secondary N) is 1. The van der Waals surface area contributed by atoms with Crippen LogP contribution >= 0.6 is 0 Å². The lowest BCUT2D eigenvalue weighted by atomic mass is 9.65. The summed E-state index contributed by atoms with van der Waals surface area (Å²) in [5.74, 6) is 0.366. The van der Waals surface area contributed by atoms with E-state index in [9.17, 15) is 13.5 Å². The summed E-state index contributed by atoms with van der Waals surface area (Å²) in [4.78, 5) is 0. The number of aliphatic hydroxyl groups excluding tert-OH is 1. The molecule has 0 radical (unpaired) electrons. The first kappa shape index (κ1) is 13.9. The number of hydrogen-bond acceptors (Lipinski definition) is 3. The van der Waals surface area contributed by atoms with Crippen molar-refractivity contribution in [3.05, 3.63) is 0 Å². The fourth-order valence-electron chi connectivity index (χ4n) is 3.28. The third-order valence-electron chi connectivity index (χ3n) is 3.12. The Kier molecular flexibility index (Phi) is 3.69. The second kappa shape index (κ2) is 4.25. The third kappa shape index (κ3) is 3.69. The number of rotatable bonds is 3. The van der Waals surface area contributed by atoms with Gasteiger partial charge in [-0.05, 0) is 30.6 Å². The lowest BCUT2D eigenvalue weighted by Crippen LogP contribution is -2.58. The molecule has 0 aromatic rings. The maximum Gasteiger partial charge on any atom is 0.274 e. The van der Waals surface area contributed by atoms with Crippen LogP contribution in [0.15, 0.2) is 0 Å². The third-order valence-corrected chi connectivity index (χ3v) is 3.84. The van der Waals surface area contributed by atoms with Gasteiger partial charge in [-0.1, -0.05) is 20.8 Å². The van der Waals surface area contributed by atoms with Gasteiger partial charge < -0.3 is 5.11 Å². The molecule has 0 saturated heterocycles. The molecule has 2 unspecified atom stereocenters. The lowest BCUT2D eigenvalue weighted by molar-refractivity contribution is 0.0514. The number of hydrogen-bond donors (Lipinski definition) is 3. The molecule has 96 valence electrons. The Balaban J connectivity index is 2.95. The first-order valence-electron chi connectivity index (χ1n) is 5.50. The van der Waals surface area contributed by atoms with Gasteiger partial charge in [0.1, 0.15) is 0 Å². The standard InChI is InChI=1S/C10H22N2O3S/c1-8-4-9(2,3)6-10(5-8,7-13)12-16(11,14)15/h8,12-13H,4-7H2,1-3H3,(H2,11,14,15). The van der Waals surface area contributed by atoms with Gasteiger partial charge in [-0.25, -0.2) is 5.14 Å². The molecule has 1 saturated carbocycles. The van der Waals surface area contributed by atoms with E-state index in [1.165, 1.54) is 0 Å². The summed E-state index contributed by atoms with van der Waals surface area (Å²) >= 11 is 0. The van der Waals surface area contributed by atoms with Crippen molar-refractivity contribution < 1.29 is 13.5 Å². The van der Waals surface area contributed by atoms with Gasteiger partial charge in [-0.15, -0.1) is 0 Å². The Hall–Kier alpha value is -0.170. The van der Waals surface area contributed by atoms with Gasteiger partial charge in [0.2, 0.25) is 0 Å². The minimum Gasteiger partial charge on any atom is -0.394 e. The van der Waals surface area contributed by atoms with E-state index in [0.29, 0.717) is 18.8 Å². The zero-order chi connectivity index (χ0) is 12.6. The van der Waals surface area contributed by atoms with Gasteiger partial charge in [0.15, 0.2) is 0 Å². The maximum atomic E-state index is 11.1. The van der Waals surface area contributed by atoms with Gasteiger partial charge in [-0.2, -0.15) is 13.1 Å². The molecule has 1 fully saturated rings. The molecule has 6 heteroatoms. The predicted molar refractivity (Wildman–Crippen MR) is 62.9 cm³/mol. The van der Waals surface area contributed by atoms with Crippen LogP contribution < -0.4 is 9.86 Å². The number of nitrogens with two attached hydrogens (primary N) is 1. The summed E-state index contributed by atoms with van der Waals surface area (Å²) in [6.45, 7) is 6.02. The molecule has 4 N–H and O–H groups in total. The van der Waals surface area contributed by atoms with Crippen LogP contribution in [0.5, 0.6) is 0 Å². The first-order valence-corrected chi connectivity index (χ1v) is 7.05. The van der Waals surface area contributed by atoms with E-state index in [2.05, 4.69) is 25.5 Å². The van der Waals surface area contributed by atoms with Gasteiger partial charge in [0, 0.05) is 0 Å². The minimum atomic E-state index is -3.78.